The first-order valence-electron chi connectivity index (χ1n) is 8.60. The molecule has 1 aliphatic carbocycles. The molecule has 2 amide bonds. The van der Waals surface area contributed by atoms with Gasteiger partial charge in [-0.05, 0) is 44.6 Å². The first-order chi connectivity index (χ1) is 11.9. The molecule has 25 heavy (non-hydrogen) atoms. The van der Waals surface area contributed by atoms with E-state index >= 15 is 0 Å². The molecule has 0 fully saturated rings. The van der Waals surface area contributed by atoms with Crippen LogP contribution in [0.4, 0.5) is 5.00 Å². The fourth-order valence-corrected chi connectivity index (χ4v) is 4.99. The summed E-state index contributed by atoms with van der Waals surface area (Å²) in [6, 6.07) is 0. The van der Waals surface area contributed by atoms with E-state index < -0.39 is 5.91 Å². The molecule has 2 heterocycles. The van der Waals surface area contributed by atoms with E-state index in [9.17, 15) is 9.59 Å². The molecule has 2 aromatic rings. The van der Waals surface area contributed by atoms with Crippen LogP contribution >= 0.6 is 11.3 Å². The minimum atomic E-state index is -0.486. The van der Waals surface area contributed by atoms with Crippen LogP contribution in [0.2, 0.25) is 0 Å². The number of rotatable bonds is 5. The Hall–Kier alpha value is -2.15. The average Bonchev–Trinajstić information content (AvgIpc) is 3.06. The van der Waals surface area contributed by atoms with Gasteiger partial charge in [-0.2, -0.15) is 0 Å². The zero-order chi connectivity index (χ0) is 18.1. The van der Waals surface area contributed by atoms with Crippen molar-refractivity contribution in [2.75, 3.05) is 5.32 Å². The summed E-state index contributed by atoms with van der Waals surface area (Å²) in [7, 11) is 0. The van der Waals surface area contributed by atoms with Crippen molar-refractivity contribution in [2.24, 2.45) is 11.7 Å². The van der Waals surface area contributed by atoms with Gasteiger partial charge < -0.3 is 15.6 Å². The fourth-order valence-electron chi connectivity index (χ4n) is 3.63. The normalized spacial score (nSPS) is 16.5. The van der Waals surface area contributed by atoms with Gasteiger partial charge in [0.15, 0.2) is 0 Å². The summed E-state index contributed by atoms with van der Waals surface area (Å²) in [6.07, 6.45) is 5.20. The Balaban J connectivity index is 1.92. The number of aryl methyl sites for hydroxylation is 2. The highest BCUT2D eigenvalue weighted by Crippen LogP contribution is 2.40. The highest BCUT2D eigenvalue weighted by Gasteiger charge is 2.29. The van der Waals surface area contributed by atoms with Crippen LogP contribution in [-0.4, -0.2) is 17.0 Å². The number of aromatic nitrogens is 1. The van der Waals surface area contributed by atoms with Gasteiger partial charge in [-0.25, -0.2) is 0 Å². The van der Waals surface area contributed by atoms with Crippen molar-refractivity contribution in [1.29, 1.82) is 0 Å². The van der Waals surface area contributed by atoms with E-state index in [0.29, 0.717) is 33.5 Å². The maximum absolute atomic E-state index is 12.6. The second kappa shape index (κ2) is 7.00. The monoisotopic (exact) mass is 361 g/mol. The van der Waals surface area contributed by atoms with Crippen LogP contribution in [0, 0.1) is 19.8 Å². The zero-order valence-corrected chi connectivity index (χ0v) is 15.6. The standard InChI is InChI=1S/C18H23N3O3S/c1-4-5-11-6-7-12-13(8-11)25-18(15(12)16(19)22)20-17(23)14-9(2)21-24-10(14)3/h11H,4-8H2,1-3H3,(H2,19,22)(H,20,23)/t11-/m0/s1. The molecule has 0 bridgehead atoms. The maximum atomic E-state index is 12.6. The van der Waals surface area contributed by atoms with Crippen molar-refractivity contribution < 1.29 is 14.1 Å². The molecule has 2 aromatic heterocycles. The number of carbonyl (C=O) groups excluding carboxylic acids is 2. The Labute approximate surface area is 150 Å². The fraction of sp³-hybridized carbons (Fsp3) is 0.500. The second-order valence-electron chi connectivity index (χ2n) is 6.62. The third-order valence-electron chi connectivity index (χ3n) is 4.80. The highest BCUT2D eigenvalue weighted by molar-refractivity contribution is 7.17. The predicted octanol–water partition coefficient (Wildman–Crippen LogP) is 3.61. The number of carbonyl (C=O) groups is 2. The van der Waals surface area contributed by atoms with Crippen LogP contribution in [-0.2, 0) is 12.8 Å². The Bertz CT molecular complexity index is 802. The SMILES string of the molecule is CCC[C@H]1CCc2c(sc(NC(=O)c3c(C)noc3C)c2C(N)=O)C1. The lowest BCUT2D eigenvalue weighted by molar-refractivity contribution is 0.1000. The van der Waals surface area contributed by atoms with Crippen LogP contribution < -0.4 is 11.1 Å². The molecule has 1 aliphatic rings. The number of fused-ring (bicyclic) bond motifs is 1. The van der Waals surface area contributed by atoms with Crippen LogP contribution in [0.25, 0.3) is 0 Å². The topological polar surface area (TPSA) is 98.2 Å². The second-order valence-corrected chi connectivity index (χ2v) is 7.73. The van der Waals surface area contributed by atoms with Crippen molar-refractivity contribution in [3.63, 3.8) is 0 Å². The number of hydrogen-bond donors (Lipinski definition) is 2. The molecule has 1 atom stereocenters. The van der Waals surface area contributed by atoms with E-state index in [1.54, 1.807) is 13.8 Å². The minimum absolute atomic E-state index is 0.317. The molecule has 7 heteroatoms. The number of amides is 2. The van der Waals surface area contributed by atoms with Crippen molar-refractivity contribution in [3.8, 4) is 0 Å². The summed E-state index contributed by atoms with van der Waals surface area (Å²) in [5, 5.41) is 7.21. The average molecular weight is 361 g/mol. The van der Waals surface area contributed by atoms with Crippen LogP contribution in [0.1, 0.15) is 68.8 Å². The Morgan fingerprint density at radius 2 is 2.12 bits per heavy atom. The number of hydrogen-bond acceptors (Lipinski definition) is 5. The molecule has 0 unspecified atom stereocenters. The largest absolute Gasteiger partial charge is 0.365 e. The molecule has 0 saturated carbocycles. The summed E-state index contributed by atoms with van der Waals surface area (Å²) in [6.45, 7) is 5.60. The van der Waals surface area contributed by atoms with E-state index in [-0.39, 0.29) is 5.91 Å². The summed E-state index contributed by atoms with van der Waals surface area (Å²) in [4.78, 5) is 25.8. The van der Waals surface area contributed by atoms with Crippen LogP contribution in [0.3, 0.4) is 0 Å². The molecule has 0 aromatic carbocycles. The Morgan fingerprint density at radius 1 is 1.36 bits per heavy atom. The quantitative estimate of drug-likeness (QED) is 0.850. The molecule has 3 N–H and O–H groups in total. The molecule has 0 spiro atoms. The number of nitrogens with zero attached hydrogens (tertiary/aromatic N) is 1. The summed E-state index contributed by atoms with van der Waals surface area (Å²) >= 11 is 1.47. The van der Waals surface area contributed by atoms with E-state index in [2.05, 4.69) is 17.4 Å². The van der Waals surface area contributed by atoms with Gasteiger partial charge in [-0.15, -0.1) is 11.3 Å². The minimum Gasteiger partial charge on any atom is -0.365 e. The number of nitrogens with two attached hydrogens (primary N) is 1. The smallest absolute Gasteiger partial charge is 0.261 e. The number of thiophene rings is 1. The van der Waals surface area contributed by atoms with Crippen LogP contribution in [0.15, 0.2) is 4.52 Å². The van der Waals surface area contributed by atoms with E-state index in [1.807, 2.05) is 0 Å². The number of nitrogens with one attached hydrogen (secondary N) is 1. The van der Waals surface area contributed by atoms with Gasteiger partial charge in [-0.3, -0.25) is 9.59 Å². The van der Waals surface area contributed by atoms with Crippen molar-refractivity contribution in [1.82, 2.24) is 5.16 Å². The van der Waals surface area contributed by atoms with Crippen molar-refractivity contribution in [2.45, 2.75) is 52.9 Å². The first-order valence-corrected chi connectivity index (χ1v) is 9.42. The van der Waals surface area contributed by atoms with E-state index in [1.165, 1.54) is 22.6 Å². The van der Waals surface area contributed by atoms with Gasteiger partial charge >= 0.3 is 0 Å². The molecular weight excluding hydrogens is 338 g/mol. The Morgan fingerprint density at radius 3 is 2.72 bits per heavy atom. The molecule has 6 nitrogen and oxygen atoms in total. The third-order valence-corrected chi connectivity index (χ3v) is 5.97. The van der Waals surface area contributed by atoms with Gasteiger partial charge in [0.2, 0.25) is 0 Å². The van der Waals surface area contributed by atoms with Crippen molar-refractivity contribution >= 4 is 28.2 Å². The first kappa shape index (κ1) is 17.7. The third kappa shape index (κ3) is 3.33. The van der Waals surface area contributed by atoms with Gasteiger partial charge in [0, 0.05) is 4.88 Å². The van der Waals surface area contributed by atoms with Gasteiger partial charge in [0.25, 0.3) is 11.8 Å². The molecule has 134 valence electrons. The maximum Gasteiger partial charge on any atom is 0.261 e. The lowest BCUT2D eigenvalue weighted by Gasteiger charge is -2.21. The van der Waals surface area contributed by atoms with E-state index in [0.717, 1.165) is 31.2 Å². The number of primary amides is 1. The van der Waals surface area contributed by atoms with Gasteiger partial charge in [0.1, 0.15) is 16.3 Å². The van der Waals surface area contributed by atoms with Crippen LogP contribution in [0.5, 0.6) is 0 Å². The summed E-state index contributed by atoms with van der Waals surface area (Å²) < 4.78 is 5.05. The lowest BCUT2D eigenvalue weighted by atomic mass is 9.84. The zero-order valence-electron chi connectivity index (χ0n) is 14.8. The van der Waals surface area contributed by atoms with Gasteiger partial charge in [0.05, 0.1) is 11.3 Å². The molecule has 0 aliphatic heterocycles. The Kier molecular flexibility index (Phi) is 4.94. The van der Waals surface area contributed by atoms with Crippen molar-refractivity contribution in [3.05, 3.63) is 33.0 Å². The summed E-state index contributed by atoms with van der Waals surface area (Å²) in [5.74, 6) is 0.297. The highest BCUT2D eigenvalue weighted by atomic mass is 32.1. The molecule has 0 radical (unpaired) electrons. The van der Waals surface area contributed by atoms with Gasteiger partial charge in [-0.1, -0.05) is 24.9 Å². The molecule has 0 saturated heterocycles. The predicted molar refractivity (Wildman–Crippen MR) is 97.2 cm³/mol. The summed E-state index contributed by atoms with van der Waals surface area (Å²) in [5.41, 5.74) is 8.03. The lowest BCUT2D eigenvalue weighted by Crippen LogP contribution is -2.20. The molecule has 3 rings (SSSR count). The number of anilines is 1. The molecular formula is C18H23N3O3S. The van der Waals surface area contributed by atoms with E-state index in [4.69, 9.17) is 10.3 Å².